The molecule has 0 aliphatic carbocycles. The predicted molar refractivity (Wildman–Crippen MR) is 250 cm³/mol. The van der Waals surface area contributed by atoms with Gasteiger partial charge in [-0.3, -0.25) is 0 Å². The molecule has 0 saturated heterocycles. The minimum Gasteiger partial charge on any atom is -0.455 e. The van der Waals surface area contributed by atoms with Gasteiger partial charge in [0.25, 0.3) is 0 Å². The van der Waals surface area contributed by atoms with Gasteiger partial charge in [0.1, 0.15) is 11.2 Å². The van der Waals surface area contributed by atoms with Crippen LogP contribution in [0.15, 0.2) is 205 Å². The Balaban J connectivity index is 0.980. The van der Waals surface area contributed by atoms with Crippen molar-refractivity contribution < 1.29 is 4.42 Å². The second-order valence-electron chi connectivity index (χ2n) is 14.8. The number of para-hydroxylation sites is 1. The van der Waals surface area contributed by atoms with Crippen LogP contribution in [0.2, 0.25) is 0 Å². The molecule has 9 aromatic carbocycles. The largest absolute Gasteiger partial charge is 0.455 e. The van der Waals surface area contributed by atoms with Crippen LogP contribution in [-0.4, -0.2) is 0 Å². The molecule has 3 aromatic heterocycles. The van der Waals surface area contributed by atoms with Gasteiger partial charge in [0, 0.05) is 73.7 Å². The summed E-state index contributed by atoms with van der Waals surface area (Å²) >= 11 is 3.67. The number of benzene rings is 9. The van der Waals surface area contributed by atoms with E-state index in [1.807, 2.05) is 22.7 Å². The first-order valence-corrected chi connectivity index (χ1v) is 21.2. The quantitative estimate of drug-likeness (QED) is 0.167. The molecular weight excluding hydrogens is 743 g/mol. The maximum atomic E-state index is 6.88. The molecule has 2 nitrogen and oxygen atoms in total. The molecule has 3 heterocycles. The smallest absolute Gasteiger partial charge is 0.144 e. The zero-order chi connectivity index (χ0) is 38.2. The molecule has 0 atom stereocenters. The average molecular weight is 776 g/mol. The summed E-state index contributed by atoms with van der Waals surface area (Å²) < 4.78 is 12.0. The van der Waals surface area contributed by atoms with Crippen molar-refractivity contribution in [3.63, 3.8) is 0 Å². The van der Waals surface area contributed by atoms with E-state index >= 15 is 0 Å². The molecule has 0 N–H and O–H groups in total. The molecule has 0 aliphatic rings. The van der Waals surface area contributed by atoms with E-state index in [2.05, 4.69) is 205 Å². The molecule has 272 valence electrons. The Hall–Kier alpha value is -6.98. The minimum atomic E-state index is 0.922. The standard InChI is InChI=1S/C54H33NOS2/c1-2-11-34(12-3-1)40-13-4-5-14-41(40)35-21-25-37(26-22-35)55(39-29-31-50-47(33-39)43-15-6-8-19-48(43)57-50)38-27-23-36(24-28-38)42-17-10-18-44-45-30-32-51-52(54(45)56-53(42)44)46-16-7-9-20-49(46)58-51/h1-33H. The average Bonchev–Trinajstić information content (AvgIpc) is 3.98. The van der Waals surface area contributed by atoms with Gasteiger partial charge in [-0.25, -0.2) is 0 Å². The fourth-order valence-electron chi connectivity index (χ4n) is 8.78. The first kappa shape index (κ1) is 33.2. The number of nitrogens with zero attached hydrogens (tertiary/aromatic N) is 1. The molecule has 0 saturated carbocycles. The molecular formula is C54H33NOS2. The number of anilines is 3. The van der Waals surface area contributed by atoms with Crippen LogP contribution >= 0.6 is 22.7 Å². The zero-order valence-electron chi connectivity index (χ0n) is 31.2. The van der Waals surface area contributed by atoms with Gasteiger partial charge >= 0.3 is 0 Å². The van der Waals surface area contributed by atoms with Gasteiger partial charge in [-0.1, -0.05) is 133 Å². The molecule has 0 aliphatic heterocycles. The zero-order valence-corrected chi connectivity index (χ0v) is 32.9. The maximum absolute atomic E-state index is 6.88. The van der Waals surface area contributed by atoms with Crippen molar-refractivity contribution in [1.82, 2.24) is 0 Å². The number of hydrogen-bond acceptors (Lipinski definition) is 4. The first-order valence-electron chi connectivity index (χ1n) is 19.6. The third kappa shape index (κ3) is 5.30. The second kappa shape index (κ2) is 13.3. The lowest BCUT2D eigenvalue weighted by atomic mass is 9.94. The molecule has 12 aromatic rings. The number of thiophene rings is 2. The molecule has 0 spiro atoms. The molecule has 0 amide bonds. The third-order valence-electron chi connectivity index (χ3n) is 11.5. The molecule has 0 unspecified atom stereocenters. The van der Waals surface area contributed by atoms with Gasteiger partial charge in [0.05, 0.1) is 0 Å². The van der Waals surface area contributed by atoms with Crippen LogP contribution in [0.3, 0.4) is 0 Å². The summed E-state index contributed by atoms with van der Waals surface area (Å²) in [5, 5.41) is 7.32. The Morgan fingerprint density at radius 1 is 0.310 bits per heavy atom. The molecule has 4 heteroatoms. The van der Waals surface area contributed by atoms with Crippen LogP contribution in [-0.2, 0) is 0 Å². The number of rotatable bonds is 6. The van der Waals surface area contributed by atoms with E-state index in [0.29, 0.717) is 0 Å². The first-order chi connectivity index (χ1) is 28.7. The van der Waals surface area contributed by atoms with Crippen LogP contribution in [0, 0.1) is 0 Å². The van der Waals surface area contributed by atoms with Crippen molar-refractivity contribution in [1.29, 1.82) is 0 Å². The van der Waals surface area contributed by atoms with Crippen molar-refractivity contribution in [2.24, 2.45) is 0 Å². The highest BCUT2D eigenvalue weighted by Crippen LogP contribution is 2.45. The van der Waals surface area contributed by atoms with Crippen molar-refractivity contribution in [2.45, 2.75) is 0 Å². The van der Waals surface area contributed by atoms with E-state index in [4.69, 9.17) is 4.42 Å². The third-order valence-corrected chi connectivity index (χ3v) is 13.8. The molecule has 0 fully saturated rings. The van der Waals surface area contributed by atoms with Gasteiger partial charge in [0.15, 0.2) is 0 Å². The molecule has 0 bridgehead atoms. The van der Waals surface area contributed by atoms with E-state index in [-0.39, 0.29) is 0 Å². The highest BCUT2D eigenvalue weighted by atomic mass is 32.1. The Kier molecular flexibility index (Phi) is 7.62. The van der Waals surface area contributed by atoms with Gasteiger partial charge in [0.2, 0.25) is 0 Å². The van der Waals surface area contributed by atoms with E-state index < -0.39 is 0 Å². The maximum Gasteiger partial charge on any atom is 0.144 e. The normalized spacial score (nSPS) is 11.8. The van der Waals surface area contributed by atoms with Crippen LogP contribution in [0.5, 0.6) is 0 Å². The fourth-order valence-corrected chi connectivity index (χ4v) is 11.0. The second-order valence-corrected chi connectivity index (χ2v) is 17.0. The minimum absolute atomic E-state index is 0.922. The summed E-state index contributed by atoms with van der Waals surface area (Å²) in [6.45, 7) is 0. The summed E-state index contributed by atoms with van der Waals surface area (Å²) in [4.78, 5) is 2.38. The highest BCUT2D eigenvalue weighted by molar-refractivity contribution is 7.26. The van der Waals surface area contributed by atoms with Gasteiger partial charge in [-0.15, -0.1) is 22.7 Å². The van der Waals surface area contributed by atoms with Crippen LogP contribution in [0.1, 0.15) is 0 Å². The lowest BCUT2D eigenvalue weighted by molar-refractivity contribution is 0.674. The molecule has 12 rings (SSSR count). The topological polar surface area (TPSA) is 16.4 Å². The lowest BCUT2D eigenvalue weighted by Crippen LogP contribution is -2.09. The summed E-state index contributed by atoms with van der Waals surface area (Å²) in [6.07, 6.45) is 0. The lowest BCUT2D eigenvalue weighted by Gasteiger charge is -2.26. The van der Waals surface area contributed by atoms with Crippen LogP contribution in [0.4, 0.5) is 17.1 Å². The van der Waals surface area contributed by atoms with E-state index in [1.165, 1.54) is 62.6 Å². The Morgan fingerprint density at radius 2 is 0.810 bits per heavy atom. The Bertz CT molecular complexity index is 3500. The monoisotopic (exact) mass is 775 g/mol. The Labute approximate surface area is 343 Å². The van der Waals surface area contributed by atoms with E-state index in [1.54, 1.807) is 0 Å². The van der Waals surface area contributed by atoms with Crippen molar-refractivity contribution in [2.75, 3.05) is 4.90 Å². The summed E-state index contributed by atoms with van der Waals surface area (Å²) in [7, 11) is 0. The SMILES string of the molecule is c1ccc(-c2ccccc2-c2ccc(N(c3ccc(-c4cccc5c4oc4c5ccc5sc6ccccc6c54)cc3)c3ccc4sc5ccccc5c4c3)cc2)cc1. The fraction of sp³-hybridized carbons (Fsp3) is 0. The number of furan rings is 1. The molecule has 58 heavy (non-hydrogen) atoms. The van der Waals surface area contributed by atoms with E-state index in [9.17, 15) is 0 Å². The van der Waals surface area contributed by atoms with Gasteiger partial charge < -0.3 is 9.32 Å². The van der Waals surface area contributed by atoms with Crippen LogP contribution < -0.4 is 4.90 Å². The van der Waals surface area contributed by atoms with Crippen LogP contribution in [0.25, 0.3) is 95.7 Å². The summed E-state index contributed by atoms with van der Waals surface area (Å²) in [5.41, 5.74) is 12.2. The number of hydrogen-bond donors (Lipinski definition) is 0. The Morgan fingerprint density at radius 3 is 1.55 bits per heavy atom. The van der Waals surface area contributed by atoms with Crippen molar-refractivity contribution >= 4 is 102 Å². The van der Waals surface area contributed by atoms with Gasteiger partial charge in [-0.05, 0) is 94.5 Å². The van der Waals surface area contributed by atoms with E-state index in [0.717, 1.165) is 50.1 Å². The van der Waals surface area contributed by atoms with Crippen molar-refractivity contribution in [3.05, 3.63) is 200 Å². The van der Waals surface area contributed by atoms with Crippen molar-refractivity contribution in [3.8, 4) is 33.4 Å². The van der Waals surface area contributed by atoms with Gasteiger partial charge in [-0.2, -0.15) is 0 Å². The highest BCUT2D eigenvalue weighted by Gasteiger charge is 2.19. The number of fused-ring (bicyclic) bond motifs is 10. The molecule has 0 radical (unpaired) electrons. The predicted octanol–water partition coefficient (Wildman–Crippen LogP) is 16.8. The summed E-state index contributed by atoms with van der Waals surface area (Å²) in [5.74, 6) is 0. The summed E-state index contributed by atoms with van der Waals surface area (Å²) in [6, 6.07) is 72.5.